The van der Waals surface area contributed by atoms with Crippen LogP contribution in [0.25, 0.3) is 11.1 Å². The number of H-pyrrole nitrogens is 1. The van der Waals surface area contributed by atoms with Gasteiger partial charge in [0.25, 0.3) is 5.56 Å². The molecule has 0 saturated carbocycles. The SMILES string of the molecule is Cc1ccc(-c2cc(C(=O)CCc3c(C)cc(C)[nH]c3=O)cc3c2OC(C)C3)cn1. The molecule has 30 heavy (non-hydrogen) atoms. The van der Waals surface area contributed by atoms with Gasteiger partial charge in [0, 0.05) is 52.7 Å². The van der Waals surface area contributed by atoms with E-state index in [0.29, 0.717) is 17.5 Å². The van der Waals surface area contributed by atoms with Gasteiger partial charge in [0.1, 0.15) is 11.9 Å². The van der Waals surface area contributed by atoms with Gasteiger partial charge in [-0.3, -0.25) is 14.6 Å². The summed E-state index contributed by atoms with van der Waals surface area (Å²) in [5.41, 5.74) is 6.80. The first-order chi connectivity index (χ1) is 14.3. The number of Topliss-reactive ketones (excluding diaryl/α,β-unsaturated/α-hetero) is 1. The second kappa shape index (κ2) is 7.90. The van der Waals surface area contributed by atoms with Gasteiger partial charge in [0.2, 0.25) is 0 Å². The molecule has 1 aliphatic heterocycles. The van der Waals surface area contributed by atoms with Crippen LogP contribution < -0.4 is 10.3 Å². The summed E-state index contributed by atoms with van der Waals surface area (Å²) in [5.74, 6) is 0.869. The average molecular weight is 402 g/mol. The number of hydrogen-bond acceptors (Lipinski definition) is 4. The molecule has 0 spiro atoms. The van der Waals surface area contributed by atoms with Crippen molar-refractivity contribution in [1.82, 2.24) is 9.97 Å². The third-order valence-corrected chi connectivity index (χ3v) is 5.63. The molecule has 0 saturated heterocycles. The van der Waals surface area contributed by atoms with E-state index in [4.69, 9.17) is 4.74 Å². The van der Waals surface area contributed by atoms with Gasteiger partial charge in [-0.1, -0.05) is 6.07 Å². The number of nitrogens with zero attached hydrogens (tertiary/aromatic N) is 1. The van der Waals surface area contributed by atoms with E-state index in [1.54, 1.807) is 0 Å². The Morgan fingerprint density at radius 2 is 2.00 bits per heavy atom. The number of benzene rings is 1. The second-order valence-corrected chi connectivity index (χ2v) is 8.20. The number of ether oxygens (including phenoxy) is 1. The first-order valence-corrected chi connectivity index (χ1v) is 10.3. The molecule has 4 rings (SSSR count). The van der Waals surface area contributed by atoms with Crippen molar-refractivity contribution in [1.29, 1.82) is 0 Å². The number of aryl methyl sites for hydroxylation is 3. The standard InChI is InChI=1S/C25H26N2O3/c1-14-9-16(3)27-25(29)21(14)7-8-23(28)19-11-20-10-17(4)30-24(20)22(12-19)18-6-5-15(2)26-13-18/h5-6,9,11-13,17H,7-8,10H2,1-4H3,(H,27,29). The minimum Gasteiger partial charge on any atom is -0.489 e. The molecule has 0 fully saturated rings. The average Bonchev–Trinajstić information content (AvgIpc) is 3.07. The van der Waals surface area contributed by atoms with E-state index in [-0.39, 0.29) is 23.9 Å². The van der Waals surface area contributed by atoms with Crippen LogP contribution in [0, 0.1) is 20.8 Å². The molecule has 1 atom stereocenters. The monoisotopic (exact) mass is 402 g/mol. The van der Waals surface area contributed by atoms with E-state index in [2.05, 4.69) is 9.97 Å². The van der Waals surface area contributed by atoms with Crippen molar-refractivity contribution in [3.63, 3.8) is 0 Å². The quantitative estimate of drug-likeness (QED) is 0.638. The van der Waals surface area contributed by atoms with Crippen LogP contribution in [0.15, 0.2) is 41.3 Å². The van der Waals surface area contributed by atoms with Crippen molar-refractivity contribution in [3.05, 3.63) is 80.5 Å². The zero-order chi connectivity index (χ0) is 21.4. The summed E-state index contributed by atoms with van der Waals surface area (Å²) in [6, 6.07) is 9.75. The highest BCUT2D eigenvalue weighted by Gasteiger charge is 2.25. The van der Waals surface area contributed by atoms with E-state index in [1.165, 1.54) is 0 Å². The fourth-order valence-electron chi connectivity index (χ4n) is 4.11. The largest absolute Gasteiger partial charge is 0.489 e. The van der Waals surface area contributed by atoms with Crippen molar-refractivity contribution < 1.29 is 9.53 Å². The first-order valence-electron chi connectivity index (χ1n) is 10.3. The minimum absolute atomic E-state index is 0.0260. The first kappa shape index (κ1) is 20.1. The van der Waals surface area contributed by atoms with Crippen LogP contribution in [0.4, 0.5) is 0 Å². The number of pyridine rings is 2. The summed E-state index contributed by atoms with van der Waals surface area (Å²) in [7, 11) is 0. The number of hydrogen-bond donors (Lipinski definition) is 1. The highest BCUT2D eigenvalue weighted by molar-refractivity contribution is 5.98. The number of carbonyl (C=O) groups is 1. The molecule has 154 valence electrons. The molecule has 0 aliphatic carbocycles. The lowest BCUT2D eigenvalue weighted by atomic mass is 9.94. The maximum absolute atomic E-state index is 13.1. The van der Waals surface area contributed by atoms with Gasteiger partial charge in [-0.2, -0.15) is 0 Å². The summed E-state index contributed by atoms with van der Waals surface area (Å²) >= 11 is 0. The summed E-state index contributed by atoms with van der Waals surface area (Å²) in [6.07, 6.45) is 3.39. The Bertz CT molecular complexity index is 1180. The number of aromatic nitrogens is 2. The van der Waals surface area contributed by atoms with E-state index in [1.807, 2.05) is 64.2 Å². The summed E-state index contributed by atoms with van der Waals surface area (Å²) in [5, 5.41) is 0. The van der Waals surface area contributed by atoms with Crippen LogP contribution in [0.3, 0.4) is 0 Å². The molecular weight excluding hydrogens is 376 g/mol. The third-order valence-electron chi connectivity index (χ3n) is 5.63. The molecule has 0 amide bonds. The molecule has 0 bridgehead atoms. The molecule has 3 aromatic rings. The lowest BCUT2D eigenvalue weighted by molar-refractivity contribution is 0.0982. The molecule has 2 aromatic heterocycles. The molecular formula is C25H26N2O3. The number of fused-ring (bicyclic) bond motifs is 1. The fourth-order valence-corrected chi connectivity index (χ4v) is 4.11. The van der Waals surface area contributed by atoms with Crippen molar-refractivity contribution in [2.75, 3.05) is 0 Å². The van der Waals surface area contributed by atoms with Gasteiger partial charge in [-0.05, 0) is 69.5 Å². The van der Waals surface area contributed by atoms with Gasteiger partial charge < -0.3 is 9.72 Å². The Hall–Kier alpha value is -3.21. The zero-order valence-electron chi connectivity index (χ0n) is 17.8. The fraction of sp³-hybridized carbons (Fsp3) is 0.320. The smallest absolute Gasteiger partial charge is 0.251 e. The van der Waals surface area contributed by atoms with Crippen LogP contribution in [-0.2, 0) is 12.8 Å². The summed E-state index contributed by atoms with van der Waals surface area (Å²) in [6.45, 7) is 7.75. The Labute approximate surface area is 176 Å². The van der Waals surface area contributed by atoms with E-state index in [9.17, 15) is 9.59 Å². The molecule has 1 N–H and O–H groups in total. The Balaban J connectivity index is 1.65. The van der Waals surface area contributed by atoms with E-state index < -0.39 is 0 Å². The van der Waals surface area contributed by atoms with E-state index in [0.717, 1.165) is 45.8 Å². The highest BCUT2D eigenvalue weighted by Crippen LogP contribution is 2.40. The zero-order valence-corrected chi connectivity index (χ0v) is 17.8. The maximum Gasteiger partial charge on any atom is 0.251 e. The molecule has 1 aliphatic rings. The number of nitrogens with one attached hydrogen (secondary N) is 1. The van der Waals surface area contributed by atoms with Crippen LogP contribution in [0.5, 0.6) is 5.75 Å². The molecule has 3 heterocycles. The number of rotatable bonds is 5. The molecule has 0 radical (unpaired) electrons. The van der Waals surface area contributed by atoms with Gasteiger partial charge in [0.05, 0.1) is 0 Å². The van der Waals surface area contributed by atoms with Gasteiger partial charge in [-0.15, -0.1) is 0 Å². The van der Waals surface area contributed by atoms with Crippen molar-refractivity contribution >= 4 is 5.78 Å². The van der Waals surface area contributed by atoms with Crippen molar-refractivity contribution in [3.8, 4) is 16.9 Å². The van der Waals surface area contributed by atoms with Gasteiger partial charge in [-0.25, -0.2) is 0 Å². The maximum atomic E-state index is 13.1. The predicted octanol–water partition coefficient (Wildman–Crippen LogP) is 4.50. The van der Waals surface area contributed by atoms with Gasteiger partial charge >= 0.3 is 0 Å². The Morgan fingerprint density at radius 3 is 2.70 bits per heavy atom. The lowest BCUT2D eigenvalue weighted by Gasteiger charge is -2.12. The molecule has 1 unspecified atom stereocenters. The van der Waals surface area contributed by atoms with E-state index >= 15 is 0 Å². The predicted molar refractivity (Wildman–Crippen MR) is 117 cm³/mol. The molecule has 1 aromatic carbocycles. The number of aromatic amines is 1. The van der Waals surface area contributed by atoms with Gasteiger partial charge in [0.15, 0.2) is 5.78 Å². The Morgan fingerprint density at radius 1 is 1.20 bits per heavy atom. The number of carbonyl (C=O) groups excluding carboxylic acids is 1. The number of ketones is 1. The second-order valence-electron chi connectivity index (χ2n) is 8.20. The molecule has 5 nitrogen and oxygen atoms in total. The topological polar surface area (TPSA) is 72.0 Å². The summed E-state index contributed by atoms with van der Waals surface area (Å²) in [4.78, 5) is 32.6. The van der Waals surface area contributed by atoms with Crippen molar-refractivity contribution in [2.24, 2.45) is 0 Å². The third kappa shape index (κ3) is 3.92. The van der Waals surface area contributed by atoms with Crippen LogP contribution in [0.2, 0.25) is 0 Å². The molecule has 5 heteroatoms. The van der Waals surface area contributed by atoms with Crippen LogP contribution in [0.1, 0.15) is 51.8 Å². The Kier molecular flexibility index (Phi) is 5.29. The minimum atomic E-state index is -0.108. The summed E-state index contributed by atoms with van der Waals surface area (Å²) < 4.78 is 6.04. The van der Waals surface area contributed by atoms with Crippen LogP contribution in [-0.4, -0.2) is 21.9 Å². The highest BCUT2D eigenvalue weighted by atomic mass is 16.5. The lowest BCUT2D eigenvalue weighted by Crippen LogP contribution is -2.17. The normalized spacial score (nSPS) is 15.0. The van der Waals surface area contributed by atoms with Crippen molar-refractivity contribution in [2.45, 2.75) is 53.1 Å². The van der Waals surface area contributed by atoms with Crippen LogP contribution >= 0.6 is 0 Å².